The maximum Gasteiger partial charge on any atom is 0.356 e. The van der Waals surface area contributed by atoms with Crippen LogP contribution in [0, 0.1) is 0 Å². The maximum atomic E-state index is 12.9. The molecule has 1 aliphatic rings. The fraction of sp³-hybridized carbons (Fsp3) is 0.368. The fourth-order valence-corrected chi connectivity index (χ4v) is 3.25. The van der Waals surface area contributed by atoms with E-state index in [-0.39, 0.29) is 18.4 Å². The van der Waals surface area contributed by atoms with Crippen molar-refractivity contribution < 1.29 is 19.1 Å². The average Bonchev–Trinajstić information content (AvgIpc) is 2.95. The Balaban J connectivity index is 1.84. The van der Waals surface area contributed by atoms with E-state index >= 15 is 0 Å². The van der Waals surface area contributed by atoms with Gasteiger partial charge in [-0.1, -0.05) is 6.07 Å². The zero-order valence-corrected chi connectivity index (χ0v) is 15.6. The monoisotopic (exact) mass is 370 g/mol. The quantitative estimate of drug-likeness (QED) is 0.828. The molecule has 0 atom stereocenters. The number of fused-ring (bicyclic) bond motifs is 1. The smallest absolute Gasteiger partial charge is 0.356 e. The largest absolute Gasteiger partial charge is 0.461 e. The van der Waals surface area contributed by atoms with Crippen LogP contribution < -0.4 is 5.32 Å². The number of benzene rings is 1. The van der Waals surface area contributed by atoms with Crippen LogP contribution in [0.5, 0.6) is 0 Å². The Morgan fingerprint density at radius 2 is 2.07 bits per heavy atom. The number of carbonyl (C=O) groups excluding carboxylic acids is 3. The Labute approximate surface area is 157 Å². The molecule has 0 bridgehead atoms. The van der Waals surface area contributed by atoms with Gasteiger partial charge in [-0.3, -0.25) is 14.3 Å². The summed E-state index contributed by atoms with van der Waals surface area (Å²) in [6.07, 6.45) is 0.569. The van der Waals surface area contributed by atoms with Crippen molar-refractivity contribution in [3.63, 3.8) is 0 Å². The Kier molecular flexibility index (Phi) is 5.25. The molecule has 1 aliphatic heterocycles. The first-order valence-electron chi connectivity index (χ1n) is 8.79. The number of rotatable bonds is 4. The van der Waals surface area contributed by atoms with Gasteiger partial charge in [0.25, 0.3) is 5.91 Å². The van der Waals surface area contributed by atoms with Crippen molar-refractivity contribution in [1.29, 1.82) is 0 Å². The molecule has 1 N–H and O–H groups in total. The van der Waals surface area contributed by atoms with Gasteiger partial charge in [0, 0.05) is 43.8 Å². The summed E-state index contributed by atoms with van der Waals surface area (Å²) in [5, 5.41) is 7.07. The van der Waals surface area contributed by atoms with Crippen molar-refractivity contribution in [2.24, 2.45) is 7.05 Å². The van der Waals surface area contributed by atoms with Gasteiger partial charge < -0.3 is 15.0 Å². The summed E-state index contributed by atoms with van der Waals surface area (Å²) in [7, 11) is 1.70. The summed E-state index contributed by atoms with van der Waals surface area (Å²) in [6.45, 7) is 4.24. The number of nitrogens with one attached hydrogen (secondary N) is 1. The molecule has 0 aliphatic carbocycles. The average molecular weight is 370 g/mol. The molecule has 8 heteroatoms. The topological polar surface area (TPSA) is 93.5 Å². The summed E-state index contributed by atoms with van der Waals surface area (Å²) in [5.41, 5.74) is 2.98. The predicted molar refractivity (Wildman–Crippen MR) is 98.4 cm³/mol. The highest BCUT2D eigenvalue weighted by Gasteiger charge is 2.30. The van der Waals surface area contributed by atoms with Gasteiger partial charge in [0.1, 0.15) is 0 Å². The number of hydrogen-bond acceptors (Lipinski definition) is 5. The third-order valence-electron chi connectivity index (χ3n) is 4.38. The second kappa shape index (κ2) is 7.61. The minimum atomic E-state index is -0.435. The minimum Gasteiger partial charge on any atom is -0.461 e. The molecule has 1 aromatic heterocycles. The van der Waals surface area contributed by atoms with Gasteiger partial charge in [0.05, 0.1) is 18.8 Å². The summed E-state index contributed by atoms with van der Waals surface area (Å²) in [6, 6.07) is 6.81. The van der Waals surface area contributed by atoms with Gasteiger partial charge in [-0.15, -0.1) is 0 Å². The number of carbonyl (C=O) groups is 3. The van der Waals surface area contributed by atoms with Crippen LogP contribution in [0.25, 0.3) is 0 Å². The lowest BCUT2D eigenvalue weighted by molar-refractivity contribution is -0.114. The molecule has 0 unspecified atom stereocenters. The number of aryl methyl sites for hydroxylation is 1. The highest BCUT2D eigenvalue weighted by atomic mass is 16.5. The molecule has 3 rings (SSSR count). The van der Waals surface area contributed by atoms with Gasteiger partial charge in [0.15, 0.2) is 5.69 Å². The van der Waals surface area contributed by atoms with Gasteiger partial charge >= 0.3 is 5.97 Å². The van der Waals surface area contributed by atoms with Crippen LogP contribution in [-0.4, -0.2) is 45.6 Å². The Morgan fingerprint density at radius 3 is 2.78 bits per heavy atom. The highest BCUT2D eigenvalue weighted by Crippen LogP contribution is 2.24. The first-order chi connectivity index (χ1) is 12.9. The second-order valence-corrected chi connectivity index (χ2v) is 6.36. The van der Waals surface area contributed by atoms with Crippen LogP contribution in [0.1, 0.15) is 46.0 Å². The number of amides is 2. The molecule has 2 heterocycles. The standard InChI is InChI=1S/C19H22N4O4/c1-4-27-19(26)17-15-11-23(9-8-16(15)21-22(17)3)18(25)13-6-5-7-14(10-13)20-12(2)24/h5-7,10H,4,8-9,11H2,1-3H3,(H,20,24). The van der Waals surface area contributed by atoms with E-state index < -0.39 is 5.97 Å². The van der Waals surface area contributed by atoms with Gasteiger partial charge in [-0.2, -0.15) is 5.10 Å². The molecule has 0 radical (unpaired) electrons. The molecule has 1 aromatic carbocycles. The highest BCUT2D eigenvalue weighted by molar-refractivity contribution is 5.97. The van der Waals surface area contributed by atoms with Gasteiger partial charge in [0.2, 0.25) is 5.91 Å². The van der Waals surface area contributed by atoms with E-state index in [1.165, 1.54) is 11.6 Å². The number of hydrogen-bond donors (Lipinski definition) is 1. The first-order valence-corrected chi connectivity index (χ1v) is 8.79. The lowest BCUT2D eigenvalue weighted by Gasteiger charge is -2.27. The van der Waals surface area contributed by atoms with Crippen LogP contribution >= 0.6 is 0 Å². The number of aromatic nitrogens is 2. The van der Waals surface area contributed by atoms with Crippen LogP contribution in [-0.2, 0) is 29.5 Å². The van der Waals surface area contributed by atoms with Crippen molar-refractivity contribution in [2.75, 3.05) is 18.5 Å². The number of ether oxygens (including phenoxy) is 1. The maximum absolute atomic E-state index is 12.9. The van der Waals surface area contributed by atoms with Gasteiger partial charge in [-0.05, 0) is 25.1 Å². The summed E-state index contributed by atoms with van der Waals surface area (Å²) in [5.74, 6) is -0.793. The van der Waals surface area contributed by atoms with E-state index in [2.05, 4.69) is 10.4 Å². The van der Waals surface area contributed by atoms with E-state index in [0.29, 0.717) is 36.5 Å². The Morgan fingerprint density at radius 1 is 1.30 bits per heavy atom. The van der Waals surface area contributed by atoms with Crippen LogP contribution in [0.4, 0.5) is 5.69 Å². The lowest BCUT2D eigenvalue weighted by Crippen LogP contribution is -2.36. The van der Waals surface area contributed by atoms with Crippen LogP contribution in [0.2, 0.25) is 0 Å². The SMILES string of the molecule is CCOC(=O)c1c2c(nn1C)CCN(C(=O)c1cccc(NC(C)=O)c1)C2. The molecular formula is C19H22N4O4. The summed E-state index contributed by atoms with van der Waals surface area (Å²) >= 11 is 0. The molecule has 2 aromatic rings. The van der Waals surface area contributed by atoms with E-state index in [1.54, 1.807) is 43.1 Å². The van der Waals surface area contributed by atoms with Crippen molar-refractivity contribution in [3.05, 3.63) is 46.8 Å². The lowest BCUT2D eigenvalue weighted by atomic mass is 10.0. The molecule has 0 fully saturated rings. The normalized spacial score (nSPS) is 13.1. The van der Waals surface area contributed by atoms with E-state index in [9.17, 15) is 14.4 Å². The molecule has 0 saturated heterocycles. The molecule has 8 nitrogen and oxygen atoms in total. The second-order valence-electron chi connectivity index (χ2n) is 6.36. The van der Waals surface area contributed by atoms with E-state index in [1.807, 2.05) is 0 Å². The third kappa shape index (κ3) is 3.84. The fourth-order valence-electron chi connectivity index (χ4n) is 3.25. The molecule has 27 heavy (non-hydrogen) atoms. The Hall–Kier alpha value is -3.16. The first kappa shape index (κ1) is 18.6. The summed E-state index contributed by atoms with van der Waals surface area (Å²) in [4.78, 5) is 38.1. The number of esters is 1. The number of nitrogens with zero attached hydrogens (tertiary/aromatic N) is 3. The Bertz CT molecular complexity index is 903. The van der Waals surface area contributed by atoms with Crippen LogP contribution in [0.3, 0.4) is 0 Å². The molecule has 142 valence electrons. The van der Waals surface area contributed by atoms with Crippen molar-refractivity contribution in [3.8, 4) is 0 Å². The van der Waals surface area contributed by atoms with E-state index in [0.717, 1.165) is 11.3 Å². The van der Waals surface area contributed by atoms with Crippen LogP contribution in [0.15, 0.2) is 24.3 Å². The molecule has 0 spiro atoms. The zero-order chi connectivity index (χ0) is 19.6. The van der Waals surface area contributed by atoms with Crippen molar-refractivity contribution in [2.45, 2.75) is 26.8 Å². The van der Waals surface area contributed by atoms with Crippen molar-refractivity contribution >= 4 is 23.5 Å². The van der Waals surface area contributed by atoms with Gasteiger partial charge in [-0.25, -0.2) is 4.79 Å². The molecular weight excluding hydrogens is 348 g/mol. The number of anilines is 1. The third-order valence-corrected chi connectivity index (χ3v) is 4.38. The zero-order valence-electron chi connectivity index (χ0n) is 15.6. The molecule has 0 saturated carbocycles. The molecule has 2 amide bonds. The predicted octanol–water partition coefficient (Wildman–Crippen LogP) is 1.75. The van der Waals surface area contributed by atoms with Crippen molar-refractivity contribution in [1.82, 2.24) is 14.7 Å². The van der Waals surface area contributed by atoms with E-state index in [4.69, 9.17) is 4.74 Å². The summed E-state index contributed by atoms with van der Waals surface area (Å²) < 4.78 is 6.64. The minimum absolute atomic E-state index is 0.161.